The number of benzene rings is 5. The predicted octanol–water partition coefficient (Wildman–Crippen LogP) is 11.4. The van der Waals surface area contributed by atoms with Gasteiger partial charge >= 0.3 is 0 Å². The van der Waals surface area contributed by atoms with Gasteiger partial charge in [0.25, 0.3) is 0 Å². The van der Waals surface area contributed by atoms with Gasteiger partial charge in [-0.3, -0.25) is 5.32 Å². The van der Waals surface area contributed by atoms with Crippen molar-refractivity contribution in [3.05, 3.63) is 203 Å². The molecule has 12 rings (SSSR count). The first-order chi connectivity index (χ1) is 28.2. The molecule has 276 valence electrons. The van der Waals surface area contributed by atoms with Gasteiger partial charge in [0, 0.05) is 43.9 Å². The minimum atomic E-state index is -0.154. The summed E-state index contributed by atoms with van der Waals surface area (Å²) in [5.41, 5.74) is 12.7. The van der Waals surface area contributed by atoms with Crippen molar-refractivity contribution in [2.45, 2.75) is 47.3 Å². The Kier molecular flexibility index (Phi) is 7.70. The molecule has 1 aromatic heterocycles. The maximum absolute atomic E-state index is 6.82. The number of allylic oxidation sites excluding steroid dienone is 8. The van der Waals surface area contributed by atoms with Crippen molar-refractivity contribution in [3.63, 3.8) is 0 Å². The lowest BCUT2D eigenvalue weighted by atomic mass is 9.82. The Balaban J connectivity index is 0.873. The van der Waals surface area contributed by atoms with Crippen LogP contribution >= 0.6 is 11.8 Å². The number of thioether (sulfide) groups is 1. The molecule has 5 nitrogen and oxygen atoms in total. The summed E-state index contributed by atoms with van der Waals surface area (Å²) in [4.78, 5) is 6.57. The van der Waals surface area contributed by atoms with E-state index < -0.39 is 0 Å². The molecule has 0 fully saturated rings. The van der Waals surface area contributed by atoms with Gasteiger partial charge in [-0.05, 0) is 83.2 Å². The Bertz CT molecular complexity index is 2800. The second-order valence-corrected chi connectivity index (χ2v) is 16.9. The molecule has 6 aliphatic rings. The van der Waals surface area contributed by atoms with E-state index >= 15 is 0 Å². The predicted molar refractivity (Wildman–Crippen MR) is 234 cm³/mol. The first kappa shape index (κ1) is 33.1. The van der Waals surface area contributed by atoms with Gasteiger partial charge in [-0.25, -0.2) is 4.99 Å². The Labute approximate surface area is 336 Å². The molecule has 0 bridgehead atoms. The molecule has 2 N–H and O–H groups in total. The zero-order valence-electron chi connectivity index (χ0n) is 31.3. The second-order valence-electron chi connectivity index (χ2n) is 15.7. The molecule has 4 heterocycles. The maximum Gasteiger partial charge on any atom is 0.129 e. The summed E-state index contributed by atoms with van der Waals surface area (Å²) in [6, 6.07) is 41.5. The van der Waals surface area contributed by atoms with E-state index in [-0.39, 0.29) is 30.3 Å². The van der Waals surface area contributed by atoms with Crippen LogP contribution in [0.15, 0.2) is 191 Å². The van der Waals surface area contributed by atoms with Gasteiger partial charge in [-0.2, -0.15) is 0 Å². The molecule has 0 saturated carbocycles. The van der Waals surface area contributed by atoms with Gasteiger partial charge in [0.2, 0.25) is 0 Å². The minimum absolute atomic E-state index is 0.0790. The molecule has 6 heteroatoms. The third kappa shape index (κ3) is 5.38. The van der Waals surface area contributed by atoms with Gasteiger partial charge in [0.1, 0.15) is 30.0 Å². The van der Waals surface area contributed by atoms with Gasteiger partial charge in [-0.15, -0.1) is 11.8 Å². The van der Waals surface area contributed by atoms with Crippen molar-refractivity contribution in [2.75, 3.05) is 0 Å². The van der Waals surface area contributed by atoms with E-state index in [1.54, 1.807) is 0 Å². The fourth-order valence-electron chi connectivity index (χ4n) is 9.81. The number of fused-ring (bicyclic) bond motifs is 9. The third-order valence-electron chi connectivity index (χ3n) is 12.4. The van der Waals surface area contributed by atoms with E-state index in [0.717, 1.165) is 30.0 Å². The average molecular weight is 757 g/mol. The highest BCUT2D eigenvalue weighted by Crippen LogP contribution is 2.53. The number of rotatable bonds is 5. The van der Waals surface area contributed by atoms with Crippen LogP contribution < -0.4 is 15.4 Å². The number of nitrogens with one attached hydrogen (secondary N) is 2. The lowest BCUT2D eigenvalue weighted by Gasteiger charge is -2.35. The zero-order chi connectivity index (χ0) is 37.5. The molecule has 0 radical (unpaired) electrons. The highest BCUT2D eigenvalue weighted by molar-refractivity contribution is 8.00. The standard InChI is InChI=1S/C51H40N4OS/c1-3-13-31(14-4-1)49-52-50(32-15-5-2-6-16-32)54-51(53-49)38-19-11-23-43-47(38)37-27-25-34(30-44(37)56-43)33-26-28-45-39(29-33)48-42(22-12-24-46(48)57-45)55-40-20-9-7-17-35(40)36-18-8-10-21-41(36)55/h1-15,17-27,29-30,32,37,44-45,49,51,53H,16,28H2,(H,52,54). The molecule has 3 aliphatic carbocycles. The monoisotopic (exact) mass is 756 g/mol. The number of hydrogen-bond donors (Lipinski definition) is 2. The van der Waals surface area contributed by atoms with Gasteiger partial charge in [0.05, 0.1) is 16.7 Å². The quantitative estimate of drug-likeness (QED) is 0.184. The van der Waals surface area contributed by atoms with Crippen molar-refractivity contribution in [1.29, 1.82) is 0 Å². The fraction of sp³-hybridized carbons (Fsp3) is 0.157. The molecule has 0 spiro atoms. The Morgan fingerprint density at radius 3 is 2.39 bits per heavy atom. The highest BCUT2D eigenvalue weighted by Gasteiger charge is 2.39. The molecule has 6 aromatic rings. The summed E-state index contributed by atoms with van der Waals surface area (Å²) < 4.78 is 9.30. The van der Waals surface area contributed by atoms with E-state index in [4.69, 9.17) is 9.73 Å². The van der Waals surface area contributed by atoms with Crippen molar-refractivity contribution >= 4 is 45.0 Å². The summed E-state index contributed by atoms with van der Waals surface area (Å²) in [6.45, 7) is 0. The average Bonchev–Trinajstić information content (AvgIpc) is 3.96. The number of para-hydroxylation sites is 2. The van der Waals surface area contributed by atoms with E-state index in [2.05, 4.69) is 185 Å². The summed E-state index contributed by atoms with van der Waals surface area (Å²) in [6.07, 6.45) is 22.3. The van der Waals surface area contributed by atoms with E-state index in [1.807, 2.05) is 11.8 Å². The Hall–Kier alpha value is -6.08. The topological polar surface area (TPSA) is 50.6 Å². The molecule has 3 aliphatic heterocycles. The van der Waals surface area contributed by atoms with Crippen LogP contribution in [0.1, 0.15) is 53.3 Å². The smallest absolute Gasteiger partial charge is 0.129 e. The van der Waals surface area contributed by atoms with Crippen LogP contribution in [0, 0.1) is 5.92 Å². The molecule has 5 aromatic carbocycles. The van der Waals surface area contributed by atoms with Crippen molar-refractivity contribution in [2.24, 2.45) is 10.9 Å². The van der Waals surface area contributed by atoms with Gasteiger partial charge in [0.15, 0.2) is 0 Å². The summed E-state index contributed by atoms with van der Waals surface area (Å²) >= 11 is 2.01. The van der Waals surface area contributed by atoms with Crippen LogP contribution in [0.4, 0.5) is 0 Å². The largest absolute Gasteiger partial charge is 0.485 e. The van der Waals surface area contributed by atoms with Crippen LogP contribution in [0.25, 0.3) is 33.1 Å². The van der Waals surface area contributed by atoms with Crippen molar-refractivity contribution in [3.8, 4) is 11.4 Å². The number of hydrogen-bond acceptors (Lipinski definition) is 5. The minimum Gasteiger partial charge on any atom is -0.485 e. The number of nitrogens with zero attached hydrogens (tertiary/aromatic N) is 2. The van der Waals surface area contributed by atoms with Crippen LogP contribution in [0.2, 0.25) is 0 Å². The molecule has 6 atom stereocenters. The Morgan fingerprint density at radius 1 is 0.754 bits per heavy atom. The molecule has 6 unspecified atom stereocenters. The normalized spacial score (nSPS) is 25.4. The summed E-state index contributed by atoms with van der Waals surface area (Å²) in [7, 11) is 0. The zero-order valence-corrected chi connectivity index (χ0v) is 32.1. The maximum atomic E-state index is 6.82. The first-order valence-corrected chi connectivity index (χ1v) is 21.0. The lowest BCUT2D eigenvalue weighted by Crippen LogP contribution is -2.47. The number of ether oxygens (including phenoxy) is 1. The fourth-order valence-corrected chi connectivity index (χ4v) is 11.1. The number of aromatic nitrogens is 1. The van der Waals surface area contributed by atoms with E-state index in [1.165, 1.54) is 65.8 Å². The molecule has 0 saturated heterocycles. The Morgan fingerprint density at radius 2 is 1.56 bits per heavy atom. The summed E-state index contributed by atoms with van der Waals surface area (Å²) in [5.74, 6) is 2.31. The molecule has 57 heavy (non-hydrogen) atoms. The van der Waals surface area contributed by atoms with Gasteiger partial charge < -0.3 is 14.6 Å². The number of amidine groups is 1. The van der Waals surface area contributed by atoms with Gasteiger partial charge in [-0.1, -0.05) is 127 Å². The van der Waals surface area contributed by atoms with E-state index in [9.17, 15) is 0 Å². The van der Waals surface area contributed by atoms with Crippen molar-refractivity contribution < 1.29 is 4.74 Å². The van der Waals surface area contributed by atoms with Crippen LogP contribution in [-0.2, 0) is 0 Å². The second kappa shape index (κ2) is 13.3. The third-order valence-corrected chi connectivity index (χ3v) is 13.8. The van der Waals surface area contributed by atoms with Crippen LogP contribution in [0.3, 0.4) is 0 Å². The van der Waals surface area contributed by atoms with Crippen molar-refractivity contribution in [1.82, 2.24) is 15.2 Å². The molecular weight excluding hydrogens is 717 g/mol. The highest BCUT2D eigenvalue weighted by atomic mass is 32.2. The van der Waals surface area contributed by atoms with Crippen LogP contribution in [-0.4, -0.2) is 21.8 Å². The molecular formula is C51H40N4OS. The lowest BCUT2D eigenvalue weighted by molar-refractivity contribution is 0.268. The van der Waals surface area contributed by atoms with Crippen LogP contribution in [0.5, 0.6) is 5.75 Å². The number of aliphatic imine (C=N–C) groups is 1. The SMILES string of the molecule is C1=CCC(C2=NC(c3ccccc3)NC(c3cccc4c3C3C=CC(C5=CCC6Sc7cccc(-n8c9ccccc9c9ccccc98)c7C6=C5)=CC3O4)N2)C=C1. The van der Waals surface area contributed by atoms with E-state index in [0.29, 0.717) is 5.25 Å². The first-order valence-electron chi connectivity index (χ1n) is 20.1. The summed E-state index contributed by atoms with van der Waals surface area (Å²) in [5, 5.41) is 10.7. The molecule has 0 amide bonds.